The summed E-state index contributed by atoms with van der Waals surface area (Å²) in [4.78, 5) is 42.6. The molecule has 31 heavy (non-hydrogen) atoms. The van der Waals surface area contributed by atoms with Crippen molar-refractivity contribution in [2.24, 2.45) is 5.41 Å². The number of H-pyrrole nitrogens is 1. The van der Waals surface area contributed by atoms with E-state index in [4.69, 9.17) is 10.5 Å². The smallest absolute Gasteiger partial charge is 0.330 e. The maximum atomic E-state index is 13.3. The van der Waals surface area contributed by atoms with Crippen molar-refractivity contribution in [3.8, 4) is 0 Å². The van der Waals surface area contributed by atoms with Crippen molar-refractivity contribution in [2.75, 3.05) is 25.4 Å². The first-order valence-corrected chi connectivity index (χ1v) is 12.0. The number of hydrogen-bond donors (Lipinski definition) is 2. The number of aromatic nitrogens is 2. The Kier molecular flexibility index (Phi) is 6.40. The van der Waals surface area contributed by atoms with E-state index in [1.54, 1.807) is 0 Å². The van der Waals surface area contributed by atoms with Crippen LogP contribution in [-0.2, 0) is 4.74 Å². The highest BCUT2D eigenvalue weighted by atomic mass is 16.5. The lowest BCUT2D eigenvalue weighted by Gasteiger charge is -2.61. The van der Waals surface area contributed by atoms with Crippen LogP contribution in [0.3, 0.4) is 0 Å². The monoisotopic (exact) mass is 432 g/mol. The van der Waals surface area contributed by atoms with Gasteiger partial charge in [-0.2, -0.15) is 0 Å². The Morgan fingerprint density at radius 3 is 2.55 bits per heavy atom. The maximum Gasteiger partial charge on any atom is 0.330 e. The normalized spacial score (nSPS) is 25.0. The van der Waals surface area contributed by atoms with Gasteiger partial charge < -0.3 is 10.5 Å². The van der Waals surface area contributed by atoms with Gasteiger partial charge in [0.15, 0.2) is 5.78 Å². The highest BCUT2D eigenvalue weighted by molar-refractivity contribution is 6.01. The second-order valence-corrected chi connectivity index (χ2v) is 9.50. The number of hydrogen-bond acceptors (Lipinski definition) is 6. The minimum absolute atomic E-state index is 0.00765. The van der Waals surface area contributed by atoms with Crippen LogP contribution in [0.2, 0.25) is 0 Å². The van der Waals surface area contributed by atoms with Gasteiger partial charge in [-0.05, 0) is 52.0 Å². The van der Waals surface area contributed by atoms with Gasteiger partial charge in [-0.15, -0.1) is 0 Å². The fraction of sp³-hybridized carbons (Fsp3) is 0.783. The molecule has 8 nitrogen and oxygen atoms in total. The topological polar surface area (TPSA) is 110 Å². The Hall–Kier alpha value is -1.93. The fourth-order valence-corrected chi connectivity index (χ4v) is 5.97. The van der Waals surface area contributed by atoms with Crippen molar-refractivity contribution in [1.29, 1.82) is 0 Å². The zero-order valence-electron chi connectivity index (χ0n) is 18.8. The second kappa shape index (κ2) is 8.90. The molecule has 0 bridgehead atoms. The molecule has 2 atom stereocenters. The molecule has 0 aromatic carbocycles. The van der Waals surface area contributed by atoms with Gasteiger partial charge in [-0.25, -0.2) is 4.79 Å². The number of aromatic amines is 1. The number of carbonyl (C=O) groups is 1. The van der Waals surface area contributed by atoms with Crippen molar-refractivity contribution in [3.05, 3.63) is 26.4 Å². The summed E-state index contributed by atoms with van der Waals surface area (Å²) < 4.78 is 7.48. The second-order valence-electron chi connectivity index (χ2n) is 9.50. The molecule has 1 aromatic heterocycles. The number of Topliss-reactive ketones (excluding diaryl/α,β-unsaturated/α-hetero) is 1. The molecule has 0 aliphatic heterocycles. The number of rotatable bonds is 9. The predicted octanol–water partition coefficient (Wildman–Crippen LogP) is 2.48. The highest BCUT2D eigenvalue weighted by Crippen LogP contribution is 2.55. The average Bonchev–Trinajstić information content (AvgIpc) is 3.56. The largest absolute Gasteiger partial charge is 0.384 e. The molecule has 4 rings (SSSR count). The van der Waals surface area contributed by atoms with E-state index in [1.165, 1.54) is 23.8 Å². The van der Waals surface area contributed by atoms with Crippen LogP contribution in [0.5, 0.6) is 0 Å². The molecule has 3 saturated carbocycles. The number of ether oxygens (including phenoxy) is 1. The summed E-state index contributed by atoms with van der Waals surface area (Å²) in [6.07, 6.45) is 9.71. The van der Waals surface area contributed by atoms with Crippen LogP contribution in [0.4, 0.5) is 5.82 Å². The van der Waals surface area contributed by atoms with Crippen molar-refractivity contribution in [3.63, 3.8) is 0 Å². The number of anilines is 1. The van der Waals surface area contributed by atoms with E-state index in [0.29, 0.717) is 6.61 Å². The zero-order chi connectivity index (χ0) is 22.2. The van der Waals surface area contributed by atoms with Gasteiger partial charge in [-0.1, -0.05) is 26.2 Å². The van der Waals surface area contributed by atoms with Crippen LogP contribution in [0.1, 0.15) is 88.0 Å². The fourth-order valence-electron chi connectivity index (χ4n) is 5.97. The van der Waals surface area contributed by atoms with E-state index in [9.17, 15) is 14.4 Å². The zero-order valence-corrected chi connectivity index (χ0v) is 18.8. The van der Waals surface area contributed by atoms with Crippen molar-refractivity contribution >= 4 is 11.6 Å². The molecule has 3 fully saturated rings. The molecule has 1 aromatic rings. The van der Waals surface area contributed by atoms with E-state index in [-0.39, 0.29) is 47.3 Å². The van der Waals surface area contributed by atoms with E-state index in [2.05, 4.69) is 16.8 Å². The number of nitrogen functional groups attached to an aromatic ring is 1. The van der Waals surface area contributed by atoms with Gasteiger partial charge in [0.1, 0.15) is 11.4 Å². The third-order valence-corrected chi connectivity index (χ3v) is 7.57. The lowest BCUT2D eigenvalue weighted by Crippen LogP contribution is -2.66. The van der Waals surface area contributed by atoms with Gasteiger partial charge in [0.2, 0.25) is 0 Å². The molecular formula is C23H36N4O4. The number of carbonyl (C=O) groups excluding carboxylic acids is 1. The molecule has 3 aliphatic rings. The Labute approximate surface area is 183 Å². The molecule has 8 heteroatoms. The van der Waals surface area contributed by atoms with Gasteiger partial charge in [0.05, 0.1) is 12.6 Å². The quantitative estimate of drug-likeness (QED) is 0.580. The lowest BCUT2D eigenvalue weighted by molar-refractivity contribution is -0.180. The summed E-state index contributed by atoms with van der Waals surface area (Å²) in [5.74, 6) is -0.279. The maximum absolute atomic E-state index is 13.3. The summed E-state index contributed by atoms with van der Waals surface area (Å²) in [6, 6.07) is 0.273. The van der Waals surface area contributed by atoms with Crippen LogP contribution in [0.25, 0.3) is 0 Å². The number of nitrogens with two attached hydrogens (primary N) is 1. The van der Waals surface area contributed by atoms with Crippen LogP contribution >= 0.6 is 0 Å². The SMILES string of the molecule is CCCN(CC(=O)c1c(N)n(C2CC2)c(=O)[nH]c1=O)[C@@H]1C[C@H](OCC)C12CCCCC2. The van der Waals surface area contributed by atoms with E-state index >= 15 is 0 Å². The minimum atomic E-state index is -0.672. The summed E-state index contributed by atoms with van der Waals surface area (Å²) in [7, 11) is 0. The molecule has 172 valence electrons. The van der Waals surface area contributed by atoms with Gasteiger partial charge >= 0.3 is 5.69 Å². The summed E-state index contributed by atoms with van der Waals surface area (Å²) >= 11 is 0. The molecule has 0 amide bonds. The van der Waals surface area contributed by atoms with E-state index in [0.717, 1.165) is 45.1 Å². The summed E-state index contributed by atoms with van der Waals surface area (Å²) in [6.45, 7) is 5.80. The van der Waals surface area contributed by atoms with Crippen LogP contribution in [0, 0.1) is 5.41 Å². The van der Waals surface area contributed by atoms with Crippen molar-refractivity contribution in [2.45, 2.75) is 89.8 Å². The van der Waals surface area contributed by atoms with Gasteiger partial charge in [0.25, 0.3) is 5.56 Å². The van der Waals surface area contributed by atoms with E-state index < -0.39 is 11.2 Å². The average molecular weight is 433 g/mol. The minimum Gasteiger partial charge on any atom is -0.384 e. The third-order valence-electron chi connectivity index (χ3n) is 7.57. The van der Waals surface area contributed by atoms with Crippen LogP contribution in [0.15, 0.2) is 9.59 Å². The summed E-state index contributed by atoms with van der Waals surface area (Å²) in [5, 5.41) is 0. The molecule has 3 N–H and O–H groups in total. The van der Waals surface area contributed by atoms with Gasteiger partial charge in [-0.3, -0.25) is 24.0 Å². The molecule has 1 spiro atoms. The first-order chi connectivity index (χ1) is 14.9. The molecule has 3 aliphatic carbocycles. The Morgan fingerprint density at radius 1 is 1.23 bits per heavy atom. The number of ketones is 1. The molecule has 0 radical (unpaired) electrons. The number of nitrogens with one attached hydrogen (secondary N) is 1. The molecule has 0 saturated heterocycles. The van der Waals surface area contributed by atoms with Crippen LogP contribution < -0.4 is 17.0 Å². The van der Waals surface area contributed by atoms with E-state index in [1.807, 2.05) is 6.92 Å². The standard InChI is InChI=1S/C23H36N4O4/c1-3-12-26(17-13-18(31-4-2)23(17)10-6-5-7-11-23)14-16(28)19-20(24)27(15-8-9-15)22(30)25-21(19)29/h15,17-18H,3-14,24H2,1-2H3,(H,25,29,30)/t17-,18+/m1/s1. The highest BCUT2D eigenvalue weighted by Gasteiger charge is 2.57. The van der Waals surface area contributed by atoms with Crippen molar-refractivity contribution < 1.29 is 9.53 Å². The summed E-state index contributed by atoms with van der Waals surface area (Å²) in [5.41, 5.74) is 5.03. The molecule has 0 unspecified atom stereocenters. The number of nitrogens with zero attached hydrogens (tertiary/aromatic N) is 2. The third kappa shape index (κ3) is 4.00. The first-order valence-electron chi connectivity index (χ1n) is 12.0. The first kappa shape index (κ1) is 22.3. The van der Waals surface area contributed by atoms with Gasteiger partial charge in [0, 0.05) is 24.1 Å². The lowest BCUT2D eigenvalue weighted by atomic mass is 9.54. The van der Waals surface area contributed by atoms with Crippen molar-refractivity contribution in [1.82, 2.24) is 14.5 Å². The molecule has 1 heterocycles. The predicted molar refractivity (Wildman–Crippen MR) is 120 cm³/mol. The Bertz CT molecular complexity index is 926. The Balaban J connectivity index is 1.59. The molecular weight excluding hydrogens is 396 g/mol. The van der Waals surface area contributed by atoms with Crippen LogP contribution in [-0.4, -0.2) is 52.1 Å². The Morgan fingerprint density at radius 2 is 1.94 bits per heavy atom.